The highest BCUT2D eigenvalue weighted by molar-refractivity contribution is 5.81. The van der Waals surface area contributed by atoms with Crippen molar-refractivity contribution in [3.63, 3.8) is 0 Å². The zero-order chi connectivity index (χ0) is 15.1. The Kier molecular flexibility index (Phi) is 5.35. The monoisotopic (exact) mass is 280 g/mol. The highest BCUT2D eigenvalue weighted by atomic mass is 15.3. The van der Waals surface area contributed by atoms with E-state index in [0.717, 1.165) is 24.1 Å². The van der Waals surface area contributed by atoms with Gasteiger partial charge >= 0.3 is 0 Å². The van der Waals surface area contributed by atoms with Crippen molar-refractivity contribution in [3.8, 4) is 0 Å². The molecule has 0 atom stereocenters. The normalized spacial score (nSPS) is 12.4. The molecule has 0 unspecified atom stereocenters. The molecule has 0 saturated heterocycles. The first-order chi connectivity index (χ1) is 10.2. The molecule has 2 aromatic rings. The summed E-state index contributed by atoms with van der Waals surface area (Å²) in [6, 6.07) is 21.4. The van der Waals surface area contributed by atoms with Gasteiger partial charge in [-0.25, -0.2) is 0 Å². The lowest BCUT2D eigenvalue weighted by molar-refractivity contribution is -0.898. The summed E-state index contributed by atoms with van der Waals surface area (Å²) >= 11 is 0. The first-order valence-corrected chi connectivity index (χ1v) is 7.81. The fourth-order valence-electron chi connectivity index (χ4n) is 2.48. The van der Waals surface area contributed by atoms with Crippen molar-refractivity contribution in [2.45, 2.75) is 13.8 Å². The Labute approximate surface area is 129 Å². The first-order valence-electron chi connectivity index (χ1n) is 7.81. The van der Waals surface area contributed by atoms with Crippen molar-refractivity contribution >= 4 is 11.6 Å². The number of nitrogens with zero attached hydrogens (tertiary/aromatic N) is 1. The molecule has 0 aliphatic carbocycles. The summed E-state index contributed by atoms with van der Waals surface area (Å²) in [4.78, 5) is 0. The zero-order valence-electron chi connectivity index (χ0n) is 13.4. The molecule has 0 heterocycles. The lowest BCUT2D eigenvalue weighted by Gasteiger charge is -2.33. The van der Waals surface area contributed by atoms with Gasteiger partial charge in [0.05, 0.1) is 20.1 Å². The Bertz CT molecular complexity index is 565. The number of hydrogen-bond donors (Lipinski definition) is 0. The van der Waals surface area contributed by atoms with E-state index in [9.17, 15) is 0 Å². The SMILES string of the molecule is CC[N+](C)(CC)C/C(=C\c1ccccc1)c1ccccc1. The minimum atomic E-state index is 1.06. The Balaban J connectivity index is 2.38. The highest BCUT2D eigenvalue weighted by Gasteiger charge is 2.19. The van der Waals surface area contributed by atoms with Gasteiger partial charge in [-0.15, -0.1) is 0 Å². The first kappa shape index (κ1) is 15.5. The van der Waals surface area contributed by atoms with Gasteiger partial charge in [0.25, 0.3) is 0 Å². The van der Waals surface area contributed by atoms with Crippen molar-refractivity contribution in [2.24, 2.45) is 0 Å². The Hall–Kier alpha value is -1.86. The number of benzene rings is 2. The molecule has 0 saturated carbocycles. The van der Waals surface area contributed by atoms with Crippen molar-refractivity contribution in [1.29, 1.82) is 0 Å². The van der Waals surface area contributed by atoms with Crippen LogP contribution in [0.3, 0.4) is 0 Å². The summed E-state index contributed by atoms with van der Waals surface area (Å²) in [6.07, 6.45) is 2.33. The van der Waals surface area contributed by atoms with Gasteiger partial charge in [0.1, 0.15) is 6.54 Å². The van der Waals surface area contributed by atoms with Gasteiger partial charge in [-0.2, -0.15) is 0 Å². The van der Waals surface area contributed by atoms with E-state index >= 15 is 0 Å². The van der Waals surface area contributed by atoms with Gasteiger partial charge in [0.2, 0.25) is 0 Å². The second-order valence-corrected chi connectivity index (χ2v) is 5.86. The molecule has 0 N–H and O–H groups in total. The molecule has 0 radical (unpaired) electrons. The zero-order valence-corrected chi connectivity index (χ0v) is 13.4. The minimum absolute atomic E-state index is 1.06. The van der Waals surface area contributed by atoms with E-state index in [1.165, 1.54) is 16.7 Å². The largest absolute Gasteiger partial charge is 0.323 e. The molecule has 1 heteroatoms. The van der Waals surface area contributed by atoms with E-state index in [2.05, 4.69) is 87.6 Å². The molecule has 0 fully saturated rings. The quantitative estimate of drug-likeness (QED) is 0.531. The van der Waals surface area contributed by atoms with Crippen molar-refractivity contribution in [3.05, 3.63) is 71.8 Å². The van der Waals surface area contributed by atoms with Crippen LogP contribution in [0, 0.1) is 0 Å². The van der Waals surface area contributed by atoms with E-state index < -0.39 is 0 Å². The van der Waals surface area contributed by atoms with Crippen LogP contribution in [0.5, 0.6) is 0 Å². The molecule has 0 spiro atoms. The van der Waals surface area contributed by atoms with Crippen molar-refractivity contribution in [2.75, 3.05) is 26.7 Å². The Morgan fingerprint density at radius 3 is 1.90 bits per heavy atom. The fourth-order valence-corrected chi connectivity index (χ4v) is 2.48. The summed E-state index contributed by atoms with van der Waals surface area (Å²) in [5.74, 6) is 0. The predicted octanol–water partition coefficient (Wildman–Crippen LogP) is 4.71. The van der Waals surface area contributed by atoms with Crippen LogP contribution >= 0.6 is 0 Å². The molecule has 0 amide bonds. The van der Waals surface area contributed by atoms with Crippen LogP contribution in [0.15, 0.2) is 60.7 Å². The number of quaternary nitrogens is 1. The van der Waals surface area contributed by atoms with Crippen LogP contribution in [0.25, 0.3) is 11.6 Å². The standard InChI is InChI=1S/C20H26N/c1-4-21(3,5-2)17-20(19-14-10-7-11-15-19)16-18-12-8-6-9-13-18/h6-16H,4-5,17H2,1-3H3/q+1/b20-16+. The van der Waals surface area contributed by atoms with Crippen molar-refractivity contribution < 1.29 is 4.48 Å². The van der Waals surface area contributed by atoms with Gasteiger partial charge in [0, 0.05) is 5.57 Å². The molecule has 1 nitrogen and oxygen atoms in total. The molecule has 110 valence electrons. The third-order valence-electron chi connectivity index (χ3n) is 4.36. The molecule has 2 rings (SSSR count). The second kappa shape index (κ2) is 7.24. The van der Waals surface area contributed by atoms with Crippen LogP contribution in [-0.4, -0.2) is 31.2 Å². The third-order valence-corrected chi connectivity index (χ3v) is 4.36. The molecule has 0 aromatic heterocycles. The molecule has 2 aromatic carbocycles. The lowest BCUT2D eigenvalue weighted by atomic mass is 10.0. The number of likely N-dealkylation sites (N-methyl/N-ethyl adjacent to an activating group) is 1. The summed E-state index contributed by atoms with van der Waals surface area (Å²) in [7, 11) is 2.34. The van der Waals surface area contributed by atoms with Crippen LogP contribution in [0.4, 0.5) is 0 Å². The van der Waals surface area contributed by atoms with Gasteiger partial charge in [-0.05, 0) is 31.1 Å². The van der Waals surface area contributed by atoms with Gasteiger partial charge < -0.3 is 4.48 Å². The van der Waals surface area contributed by atoms with Crippen LogP contribution in [-0.2, 0) is 0 Å². The van der Waals surface area contributed by atoms with E-state index in [1.54, 1.807) is 0 Å². The van der Waals surface area contributed by atoms with Gasteiger partial charge in [-0.3, -0.25) is 0 Å². The molecular formula is C20H26N+. The molecular weight excluding hydrogens is 254 g/mol. The topological polar surface area (TPSA) is 0 Å². The predicted molar refractivity (Wildman–Crippen MR) is 92.9 cm³/mol. The van der Waals surface area contributed by atoms with Gasteiger partial charge in [-0.1, -0.05) is 60.7 Å². The smallest absolute Gasteiger partial charge is 0.105 e. The van der Waals surface area contributed by atoms with E-state index in [4.69, 9.17) is 0 Å². The molecule has 0 bridgehead atoms. The van der Waals surface area contributed by atoms with E-state index in [-0.39, 0.29) is 0 Å². The summed E-state index contributed by atoms with van der Waals surface area (Å²) in [5.41, 5.74) is 4.01. The van der Waals surface area contributed by atoms with Crippen molar-refractivity contribution in [1.82, 2.24) is 0 Å². The molecule has 21 heavy (non-hydrogen) atoms. The summed E-state index contributed by atoms with van der Waals surface area (Å²) < 4.78 is 1.06. The maximum absolute atomic E-state index is 2.34. The third kappa shape index (κ3) is 4.30. The van der Waals surface area contributed by atoms with Crippen LogP contribution in [0.2, 0.25) is 0 Å². The van der Waals surface area contributed by atoms with E-state index in [0.29, 0.717) is 0 Å². The summed E-state index contributed by atoms with van der Waals surface area (Å²) in [6.45, 7) is 7.90. The second-order valence-electron chi connectivity index (χ2n) is 5.86. The maximum Gasteiger partial charge on any atom is 0.105 e. The average molecular weight is 280 g/mol. The van der Waals surface area contributed by atoms with Gasteiger partial charge in [0.15, 0.2) is 0 Å². The number of rotatable bonds is 6. The number of hydrogen-bond acceptors (Lipinski definition) is 0. The molecule has 0 aliphatic heterocycles. The Morgan fingerprint density at radius 1 is 0.857 bits per heavy atom. The average Bonchev–Trinajstić information content (AvgIpc) is 2.56. The highest BCUT2D eigenvalue weighted by Crippen LogP contribution is 2.22. The minimum Gasteiger partial charge on any atom is -0.323 e. The fraction of sp³-hybridized carbons (Fsp3) is 0.300. The van der Waals surface area contributed by atoms with E-state index in [1.807, 2.05) is 0 Å². The van der Waals surface area contributed by atoms with Crippen LogP contribution < -0.4 is 0 Å². The maximum atomic E-state index is 2.34. The molecule has 0 aliphatic rings. The summed E-state index contributed by atoms with van der Waals surface area (Å²) in [5, 5.41) is 0. The van der Waals surface area contributed by atoms with Crippen LogP contribution in [0.1, 0.15) is 25.0 Å². The lowest BCUT2D eigenvalue weighted by Crippen LogP contribution is -2.44. The Morgan fingerprint density at radius 2 is 1.38 bits per heavy atom.